The number of hydrogen-bond donors (Lipinski definition) is 1. The zero-order chi connectivity index (χ0) is 18.7. The highest BCUT2D eigenvalue weighted by molar-refractivity contribution is 7.91. The summed E-state index contributed by atoms with van der Waals surface area (Å²) in [7, 11) is -6.05. The van der Waals surface area contributed by atoms with Crippen LogP contribution in [-0.2, 0) is 19.9 Å². The number of ether oxygens (including phenoxy) is 1. The molecule has 0 bridgehead atoms. The van der Waals surface area contributed by atoms with Crippen LogP contribution in [0, 0.1) is 0 Å². The number of nitrogens with zero attached hydrogens (tertiary/aromatic N) is 1. The van der Waals surface area contributed by atoms with Gasteiger partial charge in [0.15, 0.2) is 9.84 Å². The van der Waals surface area contributed by atoms with Gasteiger partial charge in [-0.1, -0.05) is 6.42 Å². The quantitative estimate of drug-likeness (QED) is 0.753. The minimum Gasteiger partial charge on any atom is -0.495 e. The lowest BCUT2D eigenvalue weighted by Crippen LogP contribution is -2.44. The van der Waals surface area contributed by atoms with E-state index in [-0.39, 0.29) is 28.1 Å². The molecule has 1 fully saturated rings. The van der Waals surface area contributed by atoms with E-state index >= 15 is 0 Å². The lowest BCUT2D eigenvalue weighted by Gasteiger charge is -2.32. The Morgan fingerprint density at radius 3 is 2.36 bits per heavy atom. The number of likely N-dealkylation sites (tertiary alicyclic amines) is 1. The van der Waals surface area contributed by atoms with Gasteiger partial charge >= 0.3 is 0 Å². The van der Waals surface area contributed by atoms with Crippen LogP contribution in [0.2, 0.25) is 0 Å². The molecule has 9 heteroatoms. The van der Waals surface area contributed by atoms with Crippen molar-refractivity contribution in [2.45, 2.75) is 42.0 Å². The summed E-state index contributed by atoms with van der Waals surface area (Å²) in [5.41, 5.74) is 0. The summed E-state index contributed by atoms with van der Waals surface area (Å²) in [6.07, 6.45) is 4.50. The molecule has 1 saturated heterocycles. The van der Waals surface area contributed by atoms with Crippen molar-refractivity contribution < 1.29 is 21.6 Å². The number of sulfone groups is 1. The molecule has 7 nitrogen and oxygen atoms in total. The van der Waals surface area contributed by atoms with Gasteiger partial charge < -0.3 is 4.74 Å². The first-order valence-corrected chi connectivity index (χ1v) is 11.6. The zero-order valence-electron chi connectivity index (χ0n) is 14.9. The lowest BCUT2D eigenvalue weighted by molar-refractivity contribution is 0.175. The third-order valence-electron chi connectivity index (χ3n) is 4.44. The first kappa shape index (κ1) is 20.2. The van der Waals surface area contributed by atoms with Crippen LogP contribution >= 0.6 is 0 Å². The molecule has 0 saturated carbocycles. The van der Waals surface area contributed by atoms with Crippen LogP contribution in [0.3, 0.4) is 0 Å². The topological polar surface area (TPSA) is 92.8 Å². The van der Waals surface area contributed by atoms with Gasteiger partial charge in [0.1, 0.15) is 10.6 Å². The monoisotopic (exact) mass is 390 g/mol. The second-order valence-electron chi connectivity index (χ2n) is 6.38. The van der Waals surface area contributed by atoms with Crippen LogP contribution < -0.4 is 9.46 Å². The molecule has 1 aliphatic heterocycles. The number of piperidine rings is 1. The lowest BCUT2D eigenvalue weighted by atomic mass is 10.1. The highest BCUT2D eigenvalue weighted by Gasteiger charge is 2.24. The molecule has 1 N–H and O–H groups in total. The molecule has 0 aliphatic carbocycles. The zero-order valence-corrected chi connectivity index (χ0v) is 16.5. The maximum atomic E-state index is 12.7. The van der Waals surface area contributed by atoms with E-state index in [0.29, 0.717) is 0 Å². The number of sulfonamides is 1. The van der Waals surface area contributed by atoms with E-state index in [0.717, 1.165) is 38.3 Å². The van der Waals surface area contributed by atoms with Crippen molar-refractivity contribution in [2.24, 2.45) is 0 Å². The van der Waals surface area contributed by atoms with Crippen molar-refractivity contribution in [3.05, 3.63) is 18.2 Å². The minimum atomic E-state index is -3.89. The summed E-state index contributed by atoms with van der Waals surface area (Å²) >= 11 is 0. The largest absolute Gasteiger partial charge is 0.495 e. The summed E-state index contributed by atoms with van der Waals surface area (Å²) in [4.78, 5) is 2.04. The summed E-state index contributed by atoms with van der Waals surface area (Å²) in [6.45, 7) is 4.18. The Balaban J connectivity index is 2.20. The van der Waals surface area contributed by atoms with Crippen molar-refractivity contribution >= 4 is 19.9 Å². The fourth-order valence-corrected chi connectivity index (χ4v) is 4.93. The number of nitrogens with one attached hydrogen (secondary N) is 1. The molecule has 0 radical (unpaired) electrons. The second kappa shape index (κ2) is 8.03. The molecule has 2 rings (SSSR count). The summed E-state index contributed by atoms with van der Waals surface area (Å²) < 4.78 is 56.5. The SMILES string of the molecule is COc1ccc(S(C)(=O)=O)cc1S(=O)(=O)NCC(C)N1CCCCC1. The molecule has 1 aromatic carbocycles. The van der Waals surface area contributed by atoms with Gasteiger partial charge in [0, 0.05) is 18.8 Å². The minimum absolute atomic E-state index is 0.0576. The fourth-order valence-electron chi connectivity index (χ4n) is 2.89. The van der Waals surface area contributed by atoms with Crippen molar-refractivity contribution in [3.8, 4) is 5.75 Å². The van der Waals surface area contributed by atoms with Gasteiger partial charge in [-0.05, 0) is 51.1 Å². The second-order valence-corrected chi connectivity index (χ2v) is 10.1. The molecular formula is C16H26N2O5S2. The molecule has 0 amide bonds. The Hall–Kier alpha value is -1.16. The molecule has 0 spiro atoms. The van der Waals surface area contributed by atoms with E-state index in [1.165, 1.54) is 25.7 Å². The number of hydrogen-bond acceptors (Lipinski definition) is 6. The van der Waals surface area contributed by atoms with Crippen molar-refractivity contribution in [3.63, 3.8) is 0 Å². The molecular weight excluding hydrogens is 364 g/mol. The molecule has 25 heavy (non-hydrogen) atoms. The van der Waals surface area contributed by atoms with Crippen molar-refractivity contribution in [1.29, 1.82) is 0 Å². The fraction of sp³-hybridized carbons (Fsp3) is 0.625. The molecule has 1 unspecified atom stereocenters. The standard InChI is InChI=1S/C16H26N2O5S2/c1-13(18-9-5-4-6-10-18)12-17-25(21,22)16-11-14(24(3,19)20)7-8-15(16)23-2/h7-8,11,13,17H,4-6,9-10,12H2,1-3H3. The number of rotatable bonds is 7. The number of benzene rings is 1. The summed E-state index contributed by atoms with van der Waals surface area (Å²) in [5, 5.41) is 0. The Kier molecular flexibility index (Phi) is 6.47. The molecule has 0 aromatic heterocycles. The van der Waals surface area contributed by atoms with Crippen LogP contribution in [0.1, 0.15) is 26.2 Å². The first-order valence-electron chi connectivity index (χ1n) is 8.27. The Morgan fingerprint density at radius 2 is 1.80 bits per heavy atom. The van der Waals surface area contributed by atoms with E-state index in [9.17, 15) is 16.8 Å². The van der Waals surface area contributed by atoms with Crippen molar-refractivity contribution in [1.82, 2.24) is 9.62 Å². The van der Waals surface area contributed by atoms with Crippen LogP contribution in [0.4, 0.5) is 0 Å². The van der Waals surface area contributed by atoms with Gasteiger partial charge in [-0.25, -0.2) is 21.6 Å². The highest BCUT2D eigenvalue weighted by atomic mass is 32.2. The van der Waals surface area contributed by atoms with E-state index in [2.05, 4.69) is 9.62 Å². The Labute approximate surface area is 150 Å². The smallest absolute Gasteiger partial charge is 0.244 e. The van der Waals surface area contributed by atoms with Gasteiger partial charge in [0.25, 0.3) is 0 Å². The molecule has 1 aromatic rings. The summed E-state index contributed by atoms with van der Waals surface area (Å²) in [6, 6.07) is 3.91. The predicted molar refractivity (Wildman–Crippen MR) is 96.2 cm³/mol. The van der Waals surface area contributed by atoms with Gasteiger partial charge in [0.2, 0.25) is 10.0 Å². The average molecular weight is 391 g/mol. The third kappa shape index (κ3) is 5.16. The van der Waals surface area contributed by atoms with E-state index < -0.39 is 19.9 Å². The third-order valence-corrected chi connectivity index (χ3v) is 6.99. The van der Waals surface area contributed by atoms with Crippen LogP contribution in [0.25, 0.3) is 0 Å². The van der Waals surface area contributed by atoms with Gasteiger partial charge in [0.05, 0.1) is 12.0 Å². The van der Waals surface area contributed by atoms with Crippen LogP contribution in [0.15, 0.2) is 28.0 Å². The molecule has 142 valence electrons. The normalized spacial score (nSPS) is 18.0. The van der Waals surface area contributed by atoms with E-state index in [1.807, 2.05) is 6.92 Å². The number of methoxy groups -OCH3 is 1. The highest BCUT2D eigenvalue weighted by Crippen LogP contribution is 2.26. The van der Waals surface area contributed by atoms with E-state index in [1.54, 1.807) is 0 Å². The Bertz CT molecular complexity index is 800. The summed E-state index contributed by atoms with van der Waals surface area (Å²) in [5.74, 6) is 0.116. The van der Waals surface area contributed by atoms with Gasteiger partial charge in [-0.2, -0.15) is 0 Å². The van der Waals surface area contributed by atoms with Crippen LogP contribution in [0.5, 0.6) is 5.75 Å². The molecule has 1 heterocycles. The van der Waals surface area contributed by atoms with E-state index in [4.69, 9.17) is 4.74 Å². The molecule has 1 atom stereocenters. The van der Waals surface area contributed by atoms with Crippen LogP contribution in [-0.4, -0.2) is 60.8 Å². The first-order chi connectivity index (χ1) is 11.6. The maximum absolute atomic E-state index is 12.7. The molecule has 1 aliphatic rings. The van der Waals surface area contributed by atoms with Gasteiger partial charge in [-0.15, -0.1) is 0 Å². The van der Waals surface area contributed by atoms with Crippen molar-refractivity contribution in [2.75, 3.05) is 33.0 Å². The average Bonchev–Trinajstić information content (AvgIpc) is 2.59. The van der Waals surface area contributed by atoms with Gasteiger partial charge in [-0.3, -0.25) is 4.90 Å². The maximum Gasteiger partial charge on any atom is 0.244 e. The predicted octanol–water partition coefficient (Wildman–Crippen LogP) is 1.25. The Morgan fingerprint density at radius 1 is 1.16 bits per heavy atom.